The van der Waals surface area contributed by atoms with Crippen molar-refractivity contribution in [3.05, 3.63) is 30.1 Å². The van der Waals surface area contributed by atoms with E-state index in [2.05, 4.69) is 4.98 Å². The van der Waals surface area contributed by atoms with Crippen molar-refractivity contribution in [2.45, 2.75) is 25.7 Å². The molecule has 0 unspecified atom stereocenters. The van der Waals surface area contributed by atoms with Gasteiger partial charge in [0.2, 0.25) is 0 Å². The number of pyridine rings is 1. The van der Waals surface area contributed by atoms with Crippen molar-refractivity contribution in [1.29, 1.82) is 0 Å². The van der Waals surface area contributed by atoms with E-state index in [0.29, 0.717) is 12.2 Å². The van der Waals surface area contributed by atoms with Gasteiger partial charge in [0.1, 0.15) is 5.78 Å². The van der Waals surface area contributed by atoms with Crippen molar-refractivity contribution in [2.75, 3.05) is 13.2 Å². The van der Waals surface area contributed by atoms with Gasteiger partial charge >= 0.3 is 0 Å². The van der Waals surface area contributed by atoms with Gasteiger partial charge in [-0.05, 0) is 31.4 Å². The fraction of sp³-hybridized carbons (Fsp3) is 0.538. The van der Waals surface area contributed by atoms with Crippen molar-refractivity contribution in [1.82, 2.24) is 4.98 Å². The van der Waals surface area contributed by atoms with Gasteiger partial charge in [-0.25, -0.2) is 0 Å². The van der Waals surface area contributed by atoms with Crippen molar-refractivity contribution in [3.63, 3.8) is 0 Å². The minimum atomic E-state index is 0.220. The summed E-state index contributed by atoms with van der Waals surface area (Å²) in [5.41, 5.74) is 1.00. The van der Waals surface area contributed by atoms with Crippen LogP contribution in [0.25, 0.3) is 0 Å². The molecule has 0 aromatic carbocycles. The molecule has 2 heterocycles. The van der Waals surface area contributed by atoms with Crippen LogP contribution in [0, 0.1) is 5.92 Å². The molecule has 1 aromatic heterocycles. The smallest absolute Gasteiger partial charge is 0.136 e. The molecule has 0 aliphatic carbocycles. The Kier molecular flexibility index (Phi) is 4.05. The molecule has 3 nitrogen and oxygen atoms in total. The number of hydrogen-bond donors (Lipinski definition) is 0. The van der Waals surface area contributed by atoms with Crippen LogP contribution >= 0.6 is 0 Å². The molecule has 1 fully saturated rings. The summed E-state index contributed by atoms with van der Waals surface area (Å²) in [5, 5.41) is 0. The van der Waals surface area contributed by atoms with Crippen molar-refractivity contribution in [3.8, 4) is 0 Å². The van der Waals surface area contributed by atoms with E-state index >= 15 is 0 Å². The molecule has 3 heteroatoms. The largest absolute Gasteiger partial charge is 0.381 e. The molecule has 0 radical (unpaired) electrons. The lowest BCUT2D eigenvalue weighted by Gasteiger charge is -2.20. The van der Waals surface area contributed by atoms with E-state index in [-0.39, 0.29) is 5.92 Å². The van der Waals surface area contributed by atoms with Crippen LogP contribution in [0.2, 0.25) is 0 Å². The van der Waals surface area contributed by atoms with Gasteiger partial charge < -0.3 is 4.74 Å². The molecule has 0 saturated carbocycles. The lowest BCUT2D eigenvalue weighted by atomic mass is 9.92. The van der Waals surface area contributed by atoms with Gasteiger partial charge in [-0.2, -0.15) is 0 Å². The standard InChI is InChI=1S/C13H17NO2/c15-13(11-6-9-16-10-7-11)5-4-12-3-1-2-8-14-12/h1-3,8,11H,4-7,9-10H2. The molecule has 2 rings (SSSR count). The quantitative estimate of drug-likeness (QED) is 0.777. The summed E-state index contributed by atoms with van der Waals surface area (Å²) in [7, 11) is 0. The zero-order valence-electron chi connectivity index (χ0n) is 9.39. The maximum atomic E-state index is 11.9. The first-order valence-corrected chi connectivity index (χ1v) is 5.86. The SMILES string of the molecule is O=C(CCc1ccccn1)C1CCOCC1. The van der Waals surface area contributed by atoms with E-state index in [4.69, 9.17) is 4.74 Å². The fourth-order valence-electron chi connectivity index (χ4n) is 2.02. The zero-order chi connectivity index (χ0) is 11.2. The van der Waals surface area contributed by atoms with Crippen LogP contribution in [0.1, 0.15) is 25.0 Å². The Hall–Kier alpha value is -1.22. The van der Waals surface area contributed by atoms with Gasteiger partial charge in [-0.15, -0.1) is 0 Å². The number of aryl methyl sites for hydroxylation is 1. The summed E-state index contributed by atoms with van der Waals surface area (Å²) >= 11 is 0. The number of ether oxygens (including phenoxy) is 1. The number of aromatic nitrogens is 1. The Balaban J connectivity index is 1.79. The second-order valence-electron chi connectivity index (χ2n) is 4.17. The molecule has 1 saturated heterocycles. The minimum Gasteiger partial charge on any atom is -0.381 e. The average molecular weight is 219 g/mol. The predicted octanol–water partition coefficient (Wildman–Crippen LogP) is 2.01. The molecule has 0 bridgehead atoms. The molecule has 86 valence electrons. The maximum absolute atomic E-state index is 11.9. The van der Waals surface area contributed by atoms with E-state index in [9.17, 15) is 4.79 Å². The van der Waals surface area contributed by atoms with Crippen molar-refractivity contribution >= 4 is 5.78 Å². The number of hydrogen-bond acceptors (Lipinski definition) is 3. The third-order valence-corrected chi connectivity index (χ3v) is 3.03. The van der Waals surface area contributed by atoms with E-state index in [1.807, 2.05) is 18.2 Å². The van der Waals surface area contributed by atoms with E-state index in [0.717, 1.165) is 38.2 Å². The molecule has 1 aromatic rings. The topological polar surface area (TPSA) is 39.2 Å². The highest BCUT2D eigenvalue weighted by molar-refractivity contribution is 5.81. The molecule has 1 aliphatic rings. The number of carbonyl (C=O) groups is 1. The zero-order valence-corrected chi connectivity index (χ0v) is 9.39. The van der Waals surface area contributed by atoms with Gasteiger partial charge in [-0.3, -0.25) is 9.78 Å². The number of carbonyl (C=O) groups excluding carboxylic acids is 1. The molecule has 16 heavy (non-hydrogen) atoms. The molecular weight excluding hydrogens is 202 g/mol. The van der Waals surface area contributed by atoms with Crippen LogP contribution in [0.3, 0.4) is 0 Å². The Morgan fingerprint density at radius 3 is 2.88 bits per heavy atom. The van der Waals surface area contributed by atoms with Crippen LogP contribution in [0.5, 0.6) is 0 Å². The predicted molar refractivity (Wildman–Crippen MR) is 61.1 cm³/mol. The molecule has 1 aliphatic heterocycles. The van der Waals surface area contributed by atoms with Crippen LogP contribution in [-0.4, -0.2) is 24.0 Å². The van der Waals surface area contributed by atoms with E-state index in [1.165, 1.54) is 0 Å². The Morgan fingerprint density at radius 2 is 2.19 bits per heavy atom. The van der Waals surface area contributed by atoms with Gasteiger partial charge in [0.05, 0.1) is 0 Å². The number of rotatable bonds is 4. The minimum absolute atomic E-state index is 0.220. The third kappa shape index (κ3) is 3.14. The summed E-state index contributed by atoms with van der Waals surface area (Å²) in [4.78, 5) is 16.1. The lowest BCUT2D eigenvalue weighted by Crippen LogP contribution is -2.23. The van der Waals surface area contributed by atoms with Crippen molar-refractivity contribution < 1.29 is 9.53 Å². The maximum Gasteiger partial charge on any atom is 0.136 e. The van der Waals surface area contributed by atoms with Crippen LogP contribution in [-0.2, 0) is 16.0 Å². The highest BCUT2D eigenvalue weighted by Crippen LogP contribution is 2.17. The first kappa shape index (κ1) is 11.3. The highest BCUT2D eigenvalue weighted by Gasteiger charge is 2.20. The molecule has 0 N–H and O–H groups in total. The monoisotopic (exact) mass is 219 g/mol. The summed E-state index contributed by atoms with van der Waals surface area (Å²) in [6.45, 7) is 1.47. The van der Waals surface area contributed by atoms with Crippen LogP contribution in [0.15, 0.2) is 24.4 Å². The second kappa shape index (κ2) is 5.75. The Morgan fingerprint density at radius 1 is 1.38 bits per heavy atom. The lowest BCUT2D eigenvalue weighted by molar-refractivity contribution is -0.125. The number of ketones is 1. The van der Waals surface area contributed by atoms with Gasteiger partial charge in [0.25, 0.3) is 0 Å². The first-order chi connectivity index (χ1) is 7.86. The Labute approximate surface area is 95.8 Å². The summed E-state index contributed by atoms with van der Waals surface area (Å²) in [6.07, 6.45) is 4.93. The average Bonchev–Trinajstić information content (AvgIpc) is 2.38. The first-order valence-electron chi connectivity index (χ1n) is 5.86. The summed E-state index contributed by atoms with van der Waals surface area (Å²) in [5.74, 6) is 0.589. The second-order valence-corrected chi connectivity index (χ2v) is 4.17. The molecule has 0 atom stereocenters. The third-order valence-electron chi connectivity index (χ3n) is 3.03. The van der Waals surface area contributed by atoms with Gasteiger partial charge in [-0.1, -0.05) is 6.07 Å². The summed E-state index contributed by atoms with van der Waals surface area (Å²) < 4.78 is 5.25. The van der Waals surface area contributed by atoms with Gasteiger partial charge in [0.15, 0.2) is 0 Å². The van der Waals surface area contributed by atoms with Crippen LogP contribution in [0.4, 0.5) is 0 Å². The van der Waals surface area contributed by atoms with E-state index < -0.39 is 0 Å². The van der Waals surface area contributed by atoms with Crippen LogP contribution < -0.4 is 0 Å². The summed E-state index contributed by atoms with van der Waals surface area (Å²) in [6, 6.07) is 5.82. The van der Waals surface area contributed by atoms with Crippen molar-refractivity contribution in [2.24, 2.45) is 5.92 Å². The Bertz CT molecular complexity index is 331. The molecular formula is C13H17NO2. The number of Topliss-reactive ketones (excluding diaryl/α,β-unsaturated/α-hetero) is 1. The molecule has 0 amide bonds. The highest BCUT2D eigenvalue weighted by atomic mass is 16.5. The van der Waals surface area contributed by atoms with E-state index in [1.54, 1.807) is 6.20 Å². The number of nitrogens with zero attached hydrogens (tertiary/aromatic N) is 1. The molecule has 0 spiro atoms. The normalized spacial score (nSPS) is 17.2. The fourth-order valence-corrected chi connectivity index (χ4v) is 2.02. The van der Waals surface area contributed by atoms with Gasteiger partial charge in [0, 0.05) is 37.4 Å².